The molecule has 24 heavy (non-hydrogen) atoms. The monoisotopic (exact) mass is 347 g/mol. The van der Waals surface area contributed by atoms with Crippen LogP contribution in [-0.2, 0) is 27.8 Å². The van der Waals surface area contributed by atoms with E-state index in [-0.39, 0.29) is 11.4 Å². The fourth-order valence-corrected chi connectivity index (χ4v) is 3.93. The van der Waals surface area contributed by atoms with Crippen molar-refractivity contribution in [1.29, 1.82) is 0 Å². The lowest BCUT2D eigenvalue weighted by molar-refractivity contribution is 0.102. The lowest BCUT2D eigenvalue weighted by atomic mass is 10.1. The molecule has 2 heterocycles. The fraction of sp³-hybridized carbons (Fsp3) is 0.412. The number of nitrogens with zero attached hydrogens (tertiary/aromatic N) is 2. The van der Waals surface area contributed by atoms with Crippen LogP contribution in [0.25, 0.3) is 0 Å². The van der Waals surface area contributed by atoms with Gasteiger partial charge in [0.15, 0.2) is 0 Å². The van der Waals surface area contributed by atoms with E-state index in [1.807, 2.05) is 25.5 Å². The van der Waals surface area contributed by atoms with Gasteiger partial charge in [0, 0.05) is 21.9 Å². The molecule has 0 fully saturated rings. The van der Waals surface area contributed by atoms with Crippen LogP contribution in [0.15, 0.2) is 24.3 Å². The zero-order valence-corrected chi connectivity index (χ0v) is 15.1. The Morgan fingerprint density at radius 3 is 2.50 bits per heavy atom. The summed E-state index contributed by atoms with van der Waals surface area (Å²) in [6, 6.07) is 6.92. The molecule has 1 atom stereocenters. The topological polar surface area (TPSA) is 73.2 Å². The van der Waals surface area contributed by atoms with Crippen LogP contribution in [0.3, 0.4) is 0 Å². The molecule has 1 aliphatic rings. The minimum Gasteiger partial charge on any atom is -0.497 e. The molecule has 0 saturated carbocycles. The summed E-state index contributed by atoms with van der Waals surface area (Å²) in [6.07, 6.45) is 0. The maximum atomic E-state index is 12.6. The number of nitrogens with one attached hydrogen (secondary N) is 1. The Morgan fingerprint density at radius 2 is 1.92 bits per heavy atom. The minimum atomic E-state index is -0.941. The van der Waals surface area contributed by atoms with E-state index in [2.05, 4.69) is 10.4 Å². The van der Waals surface area contributed by atoms with E-state index in [0.29, 0.717) is 28.6 Å². The predicted molar refractivity (Wildman–Crippen MR) is 93.7 cm³/mol. The SMILES string of the molecule is COc1ccc(C(=O)Nc2c3c(nn2C(C)(C)C)CS(=O)C3)cc1. The predicted octanol–water partition coefficient (Wildman–Crippen LogP) is 2.66. The number of fused-ring (bicyclic) bond motifs is 1. The Bertz CT molecular complexity index is 804. The third kappa shape index (κ3) is 3.08. The van der Waals surface area contributed by atoms with Gasteiger partial charge in [0.25, 0.3) is 5.91 Å². The van der Waals surface area contributed by atoms with Crippen LogP contribution in [0.1, 0.15) is 42.4 Å². The average Bonchev–Trinajstić information content (AvgIpc) is 3.04. The molecule has 1 N–H and O–H groups in total. The molecule has 0 aliphatic carbocycles. The van der Waals surface area contributed by atoms with Crippen molar-refractivity contribution >= 4 is 22.5 Å². The summed E-state index contributed by atoms with van der Waals surface area (Å²) in [5, 5.41) is 7.53. The Kier molecular flexibility index (Phi) is 4.21. The smallest absolute Gasteiger partial charge is 0.256 e. The molecule has 7 heteroatoms. The van der Waals surface area contributed by atoms with E-state index in [9.17, 15) is 9.00 Å². The Hall–Kier alpha value is -2.15. The van der Waals surface area contributed by atoms with Crippen molar-refractivity contribution in [2.24, 2.45) is 0 Å². The number of carbonyl (C=O) groups is 1. The van der Waals surface area contributed by atoms with Crippen molar-refractivity contribution in [3.05, 3.63) is 41.1 Å². The zero-order valence-electron chi connectivity index (χ0n) is 14.3. The summed E-state index contributed by atoms with van der Waals surface area (Å²) in [4.78, 5) is 12.6. The van der Waals surface area contributed by atoms with Crippen LogP contribution < -0.4 is 10.1 Å². The zero-order chi connectivity index (χ0) is 17.5. The van der Waals surface area contributed by atoms with Gasteiger partial charge in [0.1, 0.15) is 11.6 Å². The van der Waals surface area contributed by atoms with Crippen LogP contribution >= 0.6 is 0 Å². The maximum Gasteiger partial charge on any atom is 0.256 e. The average molecular weight is 347 g/mol. The summed E-state index contributed by atoms with van der Waals surface area (Å²) in [5.41, 5.74) is 1.94. The molecule has 1 aromatic heterocycles. The maximum absolute atomic E-state index is 12.6. The molecule has 128 valence electrons. The van der Waals surface area contributed by atoms with Crippen LogP contribution in [-0.4, -0.2) is 27.0 Å². The first-order chi connectivity index (χ1) is 11.3. The van der Waals surface area contributed by atoms with Gasteiger partial charge < -0.3 is 10.1 Å². The molecule has 0 radical (unpaired) electrons. The van der Waals surface area contributed by atoms with Crippen molar-refractivity contribution in [2.45, 2.75) is 37.8 Å². The number of aromatic nitrogens is 2. The van der Waals surface area contributed by atoms with Crippen LogP contribution in [0.5, 0.6) is 5.75 Å². The summed E-state index contributed by atoms with van der Waals surface area (Å²) in [7, 11) is 0.643. The lowest BCUT2D eigenvalue weighted by Gasteiger charge is -2.23. The van der Waals surface area contributed by atoms with Gasteiger partial charge in [-0.05, 0) is 45.0 Å². The minimum absolute atomic E-state index is 0.219. The second-order valence-corrected chi connectivity index (χ2v) is 8.22. The van der Waals surface area contributed by atoms with E-state index in [1.165, 1.54) is 0 Å². The molecular formula is C17H21N3O3S. The number of ether oxygens (including phenoxy) is 1. The number of hydrogen-bond acceptors (Lipinski definition) is 4. The standard InChI is InChI=1S/C17H21N3O3S/c1-17(2,3)20-15(13-9-24(22)10-14(13)19-20)18-16(21)11-5-7-12(23-4)8-6-11/h5-8H,9-10H2,1-4H3,(H,18,21). The summed E-state index contributed by atoms with van der Waals surface area (Å²) in [5.74, 6) is 2.00. The summed E-state index contributed by atoms with van der Waals surface area (Å²) in [6.45, 7) is 6.07. The number of methoxy groups -OCH3 is 1. The van der Waals surface area contributed by atoms with Crippen LogP contribution in [0, 0.1) is 0 Å². The first-order valence-electron chi connectivity index (χ1n) is 7.71. The fourth-order valence-electron chi connectivity index (χ4n) is 2.66. The van der Waals surface area contributed by atoms with E-state index in [1.54, 1.807) is 31.4 Å². The molecule has 0 saturated heterocycles. The first kappa shape index (κ1) is 16.7. The molecule has 6 nitrogen and oxygen atoms in total. The third-order valence-corrected chi connectivity index (χ3v) is 5.10. The van der Waals surface area contributed by atoms with Gasteiger partial charge in [0.05, 0.1) is 29.8 Å². The molecule has 1 amide bonds. The van der Waals surface area contributed by atoms with Crippen molar-refractivity contribution in [3.8, 4) is 5.75 Å². The van der Waals surface area contributed by atoms with Gasteiger partial charge in [-0.25, -0.2) is 4.68 Å². The number of rotatable bonds is 3. The van der Waals surface area contributed by atoms with Crippen molar-refractivity contribution in [1.82, 2.24) is 9.78 Å². The highest BCUT2D eigenvalue weighted by Gasteiger charge is 2.31. The molecular weight excluding hydrogens is 326 g/mol. The third-order valence-electron chi connectivity index (χ3n) is 3.89. The number of amides is 1. The molecule has 1 unspecified atom stereocenters. The van der Waals surface area contributed by atoms with Gasteiger partial charge in [-0.2, -0.15) is 5.10 Å². The second-order valence-electron chi connectivity index (χ2n) is 6.77. The number of hydrogen-bond donors (Lipinski definition) is 1. The highest BCUT2D eigenvalue weighted by atomic mass is 32.2. The number of benzene rings is 1. The number of anilines is 1. The van der Waals surface area contributed by atoms with Crippen molar-refractivity contribution < 1.29 is 13.7 Å². The molecule has 1 aromatic carbocycles. The van der Waals surface area contributed by atoms with E-state index >= 15 is 0 Å². The molecule has 0 bridgehead atoms. The van der Waals surface area contributed by atoms with Gasteiger partial charge in [-0.1, -0.05) is 0 Å². The second kappa shape index (κ2) is 6.05. The largest absolute Gasteiger partial charge is 0.497 e. The van der Waals surface area contributed by atoms with Gasteiger partial charge >= 0.3 is 0 Å². The highest BCUT2D eigenvalue weighted by molar-refractivity contribution is 7.83. The van der Waals surface area contributed by atoms with Gasteiger partial charge in [-0.3, -0.25) is 9.00 Å². The normalized spacial score (nSPS) is 16.8. The first-order valence-corrected chi connectivity index (χ1v) is 9.20. The van der Waals surface area contributed by atoms with E-state index in [0.717, 1.165) is 11.3 Å². The lowest BCUT2D eigenvalue weighted by Crippen LogP contribution is -2.27. The Labute approximate surface area is 143 Å². The van der Waals surface area contributed by atoms with E-state index in [4.69, 9.17) is 4.74 Å². The quantitative estimate of drug-likeness (QED) is 0.926. The summed E-state index contributed by atoms with van der Waals surface area (Å²) >= 11 is 0. The summed E-state index contributed by atoms with van der Waals surface area (Å²) < 4.78 is 18.8. The van der Waals surface area contributed by atoms with Gasteiger partial charge in [-0.15, -0.1) is 0 Å². The van der Waals surface area contributed by atoms with Gasteiger partial charge in [0.2, 0.25) is 0 Å². The van der Waals surface area contributed by atoms with Crippen LogP contribution in [0.4, 0.5) is 5.82 Å². The highest BCUT2D eigenvalue weighted by Crippen LogP contribution is 2.33. The molecule has 0 spiro atoms. The Morgan fingerprint density at radius 1 is 1.25 bits per heavy atom. The van der Waals surface area contributed by atoms with Crippen LogP contribution in [0.2, 0.25) is 0 Å². The van der Waals surface area contributed by atoms with E-state index < -0.39 is 10.8 Å². The van der Waals surface area contributed by atoms with Crippen molar-refractivity contribution in [3.63, 3.8) is 0 Å². The number of carbonyl (C=O) groups excluding carboxylic acids is 1. The van der Waals surface area contributed by atoms with Crippen molar-refractivity contribution in [2.75, 3.05) is 12.4 Å². The Balaban J connectivity index is 1.93. The molecule has 2 aromatic rings. The molecule has 3 rings (SSSR count). The molecule has 1 aliphatic heterocycles.